The molecule has 3 nitrogen and oxygen atoms in total. The summed E-state index contributed by atoms with van der Waals surface area (Å²) in [6.45, 7) is 4.47. The Bertz CT molecular complexity index is 599. The van der Waals surface area contributed by atoms with Crippen LogP contribution in [0.25, 0.3) is 0 Å². The van der Waals surface area contributed by atoms with Crippen molar-refractivity contribution in [1.82, 2.24) is 0 Å². The predicted octanol–water partition coefficient (Wildman–Crippen LogP) is 3.65. The topological polar surface area (TPSA) is 44.5 Å². The van der Waals surface area contributed by atoms with Crippen molar-refractivity contribution < 1.29 is 13.9 Å². The van der Waals surface area contributed by atoms with E-state index in [1.54, 1.807) is 24.3 Å². The van der Waals surface area contributed by atoms with Gasteiger partial charge >= 0.3 is 0 Å². The van der Waals surface area contributed by atoms with Crippen molar-refractivity contribution in [3.63, 3.8) is 0 Å². The standard InChI is InChI=1S/C17H20FNO2/c1-12(2)21-16-8-13(10-19)7-15(9-16)20-11-14-5-3-4-6-17(14)18/h3-9,12H,10-11,19H2,1-2H3. The van der Waals surface area contributed by atoms with Gasteiger partial charge in [-0.2, -0.15) is 0 Å². The summed E-state index contributed by atoms with van der Waals surface area (Å²) in [4.78, 5) is 0. The number of hydrogen-bond donors (Lipinski definition) is 1. The van der Waals surface area contributed by atoms with Gasteiger partial charge in [0.1, 0.15) is 23.9 Å². The van der Waals surface area contributed by atoms with E-state index >= 15 is 0 Å². The Morgan fingerprint density at radius 2 is 1.81 bits per heavy atom. The molecule has 0 bridgehead atoms. The maximum Gasteiger partial charge on any atom is 0.129 e. The molecule has 0 unspecified atom stereocenters. The van der Waals surface area contributed by atoms with E-state index in [0.717, 1.165) is 5.56 Å². The van der Waals surface area contributed by atoms with Crippen molar-refractivity contribution in [1.29, 1.82) is 0 Å². The molecule has 0 aliphatic heterocycles. The molecule has 0 radical (unpaired) electrons. The van der Waals surface area contributed by atoms with Crippen LogP contribution in [-0.2, 0) is 13.2 Å². The van der Waals surface area contributed by atoms with Crippen LogP contribution in [0.4, 0.5) is 4.39 Å². The van der Waals surface area contributed by atoms with Gasteiger partial charge in [0.15, 0.2) is 0 Å². The first-order valence-electron chi connectivity index (χ1n) is 6.95. The fourth-order valence-corrected chi connectivity index (χ4v) is 1.95. The number of benzene rings is 2. The Balaban J connectivity index is 2.13. The molecule has 2 aromatic rings. The second kappa shape index (κ2) is 7.09. The zero-order chi connectivity index (χ0) is 15.2. The molecule has 0 saturated heterocycles. The third-order valence-electron chi connectivity index (χ3n) is 2.90. The molecule has 0 spiro atoms. The monoisotopic (exact) mass is 289 g/mol. The van der Waals surface area contributed by atoms with Crippen LogP contribution >= 0.6 is 0 Å². The van der Waals surface area contributed by atoms with Crippen LogP contribution in [0.15, 0.2) is 42.5 Å². The molecule has 2 N–H and O–H groups in total. The van der Waals surface area contributed by atoms with Gasteiger partial charge in [-0.1, -0.05) is 18.2 Å². The van der Waals surface area contributed by atoms with Crippen LogP contribution in [0.5, 0.6) is 11.5 Å². The smallest absolute Gasteiger partial charge is 0.129 e. The zero-order valence-electron chi connectivity index (χ0n) is 12.3. The molecule has 0 aliphatic carbocycles. The summed E-state index contributed by atoms with van der Waals surface area (Å²) in [6, 6.07) is 12.1. The van der Waals surface area contributed by atoms with Gasteiger partial charge in [-0.25, -0.2) is 4.39 Å². The maximum absolute atomic E-state index is 13.6. The summed E-state index contributed by atoms with van der Waals surface area (Å²) in [5.41, 5.74) is 7.11. The van der Waals surface area contributed by atoms with Crippen LogP contribution < -0.4 is 15.2 Å². The van der Waals surface area contributed by atoms with Gasteiger partial charge in [-0.15, -0.1) is 0 Å². The average Bonchev–Trinajstić information content (AvgIpc) is 2.45. The number of ether oxygens (including phenoxy) is 2. The van der Waals surface area contributed by atoms with Gasteiger partial charge in [0.25, 0.3) is 0 Å². The molecular formula is C17H20FNO2. The molecule has 21 heavy (non-hydrogen) atoms. The summed E-state index contributed by atoms with van der Waals surface area (Å²) in [5, 5.41) is 0. The summed E-state index contributed by atoms with van der Waals surface area (Å²) in [5.74, 6) is 1.06. The van der Waals surface area contributed by atoms with Crippen molar-refractivity contribution in [3.05, 3.63) is 59.4 Å². The van der Waals surface area contributed by atoms with E-state index in [0.29, 0.717) is 23.6 Å². The molecule has 4 heteroatoms. The van der Waals surface area contributed by atoms with Gasteiger partial charge in [0.2, 0.25) is 0 Å². The Kier molecular flexibility index (Phi) is 5.17. The Labute approximate surface area is 124 Å². The highest BCUT2D eigenvalue weighted by molar-refractivity contribution is 5.38. The lowest BCUT2D eigenvalue weighted by atomic mass is 10.2. The van der Waals surface area contributed by atoms with Crippen LogP contribution in [0.1, 0.15) is 25.0 Å². The highest BCUT2D eigenvalue weighted by atomic mass is 19.1. The molecule has 0 saturated carbocycles. The SMILES string of the molecule is CC(C)Oc1cc(CN)cc(OCc2ccccc2F)c1. The van der Waals surface area contributed by atoms with Crippen LogP contribution in [-0.4, -0.2) is 6.10 Å². The molecule has 0 heterocycles. The lowest BCUT2D eigenvalue weighted by Gasteiger charge is -2.14. The van der Waals surface area contributed by atoms with Crippen LogP contribution in [0, 0.1) is 5.82 Å². The highest BCUT2D eigenvalue weighted by Gasteiger charge is 2.06. The maximum atomic E-state index is 13.6. The lowest BCUT2D eigenvalue weighted by Crippen LogP contribution is -2.07. The summed E-state index contributed by atoms with van der Waals surface area (Å²) in [6.07, 6.45) is 0.0671. The van der Waals surface area contributed by atoms with E-state index in [2.05, 4.69) is 0 Å². The van der Waals surface area contributed by atoms with Gasteiger partial charge in [0.05, 0.1) is 6.10 Å². The fraction of sp³-hybridized carbons (Fsp3) is 0.294. The summed E-state index contributed by atoms with van der Waals surface area (Å²) >= 11 is 0. The average molecular weight is 289 g/mol. The van der Waals surface area contributed by atoms with Crippen LogP contribution in [0.3, 0.4) is 0 Å². The summed E-state index contributed by atoms with van der Waals surface area (Å²) in [7, 11) is 0. The molecule has 0 aromatic heterocycles. The van der Waals surface area contributed by atoms with Crippen molar-refractivity contribution >= 4 is 0 Å². The first kappa shape index (κ1) is 15.3. The van der Waals surface area contributed by atoms with E-state index < -0.39 is 0 Å². The highest BCUT2D eigenvalue weighted by Crippen LogP contribution is 2.24. The minimum Gasteiger partial charge on any atom is -0.491 e. The number of nitrogens with two attached hydrogens (primary N) is 1. The third-order valence-corrected chi connectivity index (χ3v) is 2.90. The Morgan fingerprint density at radius 1 is 1.10 bits per heavy atom. The first-order chi connectivity index (χ1) is 10.1. The zero-order valence-corrected chi connectivity index (χ0v) is 12.3. The Hall–Kier alpha value is -2.07. The minimum absolute atomic E-state index is 0.0671. The second-order valence-corrected chi connectivity index (χ2v) is 5.06. The van der Waals surface area contributed by atoms with Crippen molar-refractivity contribution in [2.45, 2.75) is 33.1 Å². The van der Waals surface area contributed by atoms with E-state index in [9.17, 15) is 4.39 Å². The van der Waals surface area contributed by atoms with Crippen molar-refractivity contribution in [2.75, 3.05) is 0 Å². The number of hydrogen-bond acceptors (Lipinski definition) is 3. The van der Waals surface area contributed by atoms with Crippen molar-refractivity contribution in [3.8, 4) is 11.5 Å². The van der Waals surface area contributed by atoms with Crippen molar-refractivity contribution in [2.24, 2.45) is 5.73 Å². The Morgan fingerprint density at radius 3 is 2.48 bits per heavy atom. The molecule has 0 fully saturated rings. The molecule has 2 aromatic carbocycles. The number of halogens is 1. The number of rotatable bonds is 6. The second-order valence-electron chi connectivity index (χ2n) is 5.06. The quantitative estimate of drug-likeness (QED) is 0.882. The molecular weight excluding hydrogens is 269 g/mol. The normalized spacial score (nSPS) is 10.7. The molecule has 0 amide bonds. The fourth-order valence-electron chi connectivity index (χ4n) is 1.95. The van der Waals surface area contributed by atoms with E-state index in [4.69, 9.17) is 15.2 Å². The van der Waals surface area contributed by atoms with Gasteiger partial charge in [0, 0.05) is 18.2 Å². The van der Waals surface area contributed by atoms with Crippen LogP contribution in [0.2, 0.25) is 0 Å². The van der Waals surface area contributed by atoms with Gasteiger partial charge in [-0.3, -0.25) is 0 Å². The molecule has 112 valence electrons. The van der Waals surface area contributed by atoms with Gasteiger partial charge < -0.3 is 15.2 Å². The predicted molar refractivity (Wildman–Crippen MR) is 80.8 cm³/mol. The third kappa shape index (κ3) is 4.46. The van der Waals surface area contributed by atoms with Gasteiger partial charge in [-0.05, 0) is 37.6 Å². The minimum atomic E-state index is -0.272. The van der Waals surface area contributed by atoms with E-state index in [1.165, 1.54) is 6.07 Å². The largest absolute Gasteiger partial charge is 0.491 e. The molecule has 2 rings (SSSR count). The van der Waals surface area contributed by atoms with E-state index in [-0.39, 0.29) is 18.5 Å². The molecule has 0 aliphatic rings. The van der Waals surface area contributed by atoms with E-state index in [1.807, 2.05) is 26.0 Å². The lowest BCUT2D eigenvalue weighted by molar-refractivity contribution is 0.239. The first-order valence-corrected chi connectivity index (χ1v) is 6.95. The summed E-state index contributed by atoms with van der Waals surface area (Å²) < 4.78 is 24.9. The molecule has 0 atom stereocenters.